The molecule has 0 spiro atoms. The fraction of sp³-hybridized carbons (Fsp3) is 0.200. The quantitative estimate of drug-likeness (QED) is 0.636. The van der Waals surface area contributed by atoms with Crippen LogP contribution in [-0.4, -0.2) is 27.9 Å². The summed E-state index contributed by atoms with van der Waals surface area (Å²) >= 11 is 11.7. The number of hydrogen-bond donors (Lipinski definition) is 1. The molecule has 4 rings (SSSR count). The summed E-state index contributed by atoms with van der Waals surface area (Å²) in [5, 5.41) is 12.0. The van der Waals surface area contributed by atoms with Crippen LogP contribution in [-0.2, 0) is 22.6 Å². The Balaban J connectivity index is 1.29. The van der Waals surface area contributed by atoms with Crippen LogP contribution in [0, 0.1) is 0 Å². The summed E-state index contributed by atoms with van der Waals surface area (Å²) in [6.45, 7) is 0.384. The molecule has 0 fully saturated rings. The maximum atomic E-state index is 12.3. The lowest BCUT2D eigenvalue weighted by molar-refractivity contribution is -0.115. The number of halogens is 2. The van der Waals surface area contributed by atoms with E-state index in [2.05, 4.69) is 20.6 Å². The van der Waals surface area contributed by atoms with Gasteiger partial charge in [0, 0.05) is 28.6 Å². The molecule has 0 saturated heterocycles. The summed E-state index contributed by atoms with van der Waals surface area (Å²) in [7, 11) is 0. The number of oxime groups is 1. The molecule has 1 N–H and O–H groups in total. The maximum absolute atomic E-state index is 12.3. The van der Waals surface area contributed by atoms with Crippen molar-refractivity contribution in [1.29, 1.82) is 0 Å². The fourth-order valence-corrected chi connectivity index (χ4v) is 3.06. The fourth-order valence-electron chi connectivity index (χ4n) is 2.81. The molecular weight excluding hydrogens is 415 g/mol. The molecule has 0 unspecified atom stereocenters. The Hall–Kier alpha value is -2.90. The summed E-state index contributed by atoms with van der Waals surface area (Å²) in [4.78, 5) is 22.0. The second kappa shape index (κ2) is 8.63. The van der Waals surface area contributed by atoms with E-state index in [1.807, 2.05) is 12.1 Å². The number of amides is 1. The summed E-state index contributed by atoms with van der Waals surface area (Å²) in [5.41, 5.74) is 2.06. The Morgan fingerprint density at radius 3 is 2.48 bits per heavy atom. The molecular formula is C20H16Cl2N4O3. The third-order valence-electron chi connectivity index (χ3n) is 4.33. The largest absolute Gasteiger partial charge is 0.391 e. The van der Waals surface area contributed by atoms with Gasteiger partial charge in [-0.2, -0.15) is 4.98 Å². The lowest BCUT2D eigenvalue weighted by atomic mass is 10.1. The summed E-state index contributed by atoms with van der Waals surface area (Å²) in [6, 6.07) is 14.4. The van der Waals surface area contributed by atoms with E-state index in [1.54, 1.807) is 36.4 Å². The van der Waals surface area contributed by atoms with Crippen molar-refractivity contribution in [3.8, 4) is 11.5 Å². The van der Waals surface area contributed by atoms with Crippen LogP contribution in [0.2, 0.25) is 10.0 Å². The lowest BCUT2D eigenvalue weighted by Gasteiger charge is -2.05. The van der Waals surface area contributed by atoms with E-state index in [9.17, 15) is 4.79 Å². The van der Waals surface area contributed by atoms with Gasteiger partial charge in [-0.25, -0.2) is 0 Å². The van der Waals surface area contributed by atoms with Crippen LogP contribution >= 0.6 is 23.2 Å². The van der Waals surface area contributed by atoms with Gasteiger partial charge < -0.3 is 14.7 Å². The van der Waals surface area contributed by atoms with Crippen molar-refractivity contribution in [3.63, 3.8) is 0 Å². The van der Waals surface area contributed by atoms with E-state index in [4.69, 9.17) is 32.6 Å². The molecule has 1 aliphatic rings. The smallest absolute Gasteiger partial charge is 0.269 e. The summed E-state index contributed by atoms with van der Waals surface area (Å²) in [6.07, 6.45) is 0.438. The Morgan fingerprint density at radius 2 is 1.76 bits per heavy atom. The molecule has 0 saturated carbocycles. The zero-order chi connectivity index (χ0) is 20.2. The molecule has 148 valence electrons. The van der Waals surface area contributed by atoms with Gasteiger partial charge in [-0.1, -0.05) is 45.6 Å². The van der Waals surface area contributed by atoms with Crippen molar-refractivity contribution in [2.45, 2.75) is 25.5 Å². The number of rotatable bonds is 6. The van der Waals surface area contributed by atoms with Crippen molar-refractivity contribution in [1.82, 2.24) is 15.5 Å². The molecule has 1 atom stereocenters. The van der Waals surface area contributed by atoms with Crippen molar-refractivity contribution >= 4 is 34.8 Å². The van der Waals surface area contributed by atoms with Gasteiger partial charge in [0.05, 0.1) is 6.42 Å². The van der Waals surface area contributed by atoms with Crippen LogP contribution in [0.5, 0.6) is 0 Å². The van der Waals surface area contributed by atoms with Crippen LogP contribution in [0.15, 0.2) is 58.2 Å². The predicted molar refractivity (Wildman–Crippen MR) is 109 cm³/mol. The standard InChI is InChI=1S/C20H16Cl2N4O3/c21-14-5-1-12(2-6-14)11-23-19(27)17-9-16(28-25-17)10-18-24-20(29-26-18)13-3-7-15(22)8-4-13/h1-8,16H,9-11H2,(H,23,27)/t16-/m0/s1. The SMILES string of the molecule is O=C(NCc1ccc(Cl)cc1)C1=NO[C@H](Cc2noc(-c3ccc(Cl)cc3)n2)C1. The summed E-state index contributed by atoms with van der Waals surface area (Å²) < 4.78 is 5.29. The molecule has 7 nitrogen and oxygen atoms in total. The number of nitrogens with one attached hydrogen (secondary N) is 1. The van der Waals surface area contributed by atoms with Crippen molar-refractivity contribution < 1.29 is 14.2 Å². The molecule has 0 radical (unpaired) electrons. The Labute approximate surface area is 176 Å². The molecule has 2 heterocycles. The van der Waals surface area contributed by atoms with Gasteiger partial charge in [0.25, 0.3) is 11.8 Å². The highest BCUT2D eigenvalue weighted by atomic mass is 35.5. The van der Waals surface area contributed by atoms with Gasteiger partial charge in [0.2, 0.25) is 0 Å². The van der Waals surface area contributed by atoms with Crippen LogP contribution in [0.1, 0.15) is 17.8 Å². The number of carbonyl (C=O) groups is 1. The number of carbonyl (C=O) groups excluding carboxylic acids is 1. The molecule has 1 aliphatic heterocycles. The van der Waals surface area contributed by atoms with Gasteiger partial charge in [-0.3, -0.25) is 4.79 Å². The highest BCUT2D eigenvalue weighted by molar-refractivity contribution is 6.39. The monoisotopic (exact) mass is 430 g/mol. The predicted octanol–water partition coefficient (Wildman–Crippen LogP) is 4.05. The third kappa shape index (κ3) is 4.93. The number of aromatic nitrogens is 2. The van der Waals surface area contributed by atoms with Gasteiger partial charge in [0.15, 0.2) is 5.82 Å². The van der Waals surface area contributed by atoms with E-state index < -0.39 is 0 Å². The first-order valence-corrected chi connectivity index (χ1v) is 9.66. The summed E-state index contributed by atoms with van der Waals surface area (Å²) in [5.74, 6) is 0.618. The highest BCUT2D eigenvalue weighted by Gasteiger charge is 2.27. The molecule has 2 aromatic carbocycles. The normalized spacial score (nSPS) is 15.7. The Kier molecular flexibility index (Phi) is 5.78. The van der Waals surface area contributed by atoms with Crippen LogP contribution in [0.3, 0.4) is 0 Å². The maximum Gasteiger partial charge on any atom is 0.269 e. The first-order chi connectivity index (χ1) is 14.1. The van der Waals surface area contributed by atoms with E-state index in [1.165, 1.54) is 0 Å². The Bertz CT molecular complexity index is 1030. The average molecular weight is 431 g/mol. The first-order valence-electron chi connectivity index (χ1n) is 8.90. The minimum absolute atomic E-state index is 0.266. The minimum atomic E-state index is -0.318. The first kappa shape index (κ1) is 19.4. The molecule has 0 aliphatic carbocycles. The highest BCUT2D eigenvalue weighted by Crippen LogP contribution is 2.21. The molecule has 29 heavy (non-hydrogen) atoms. The lowest BCUT2D eigenvalue weighted by Crippen LogP contribution is -2.30. The van der Waals surface area contributed by atoms with Crippen LogP contribution in [0.25, 0.3) is 11.5 Å². The molecule has 3 aromatic rings. The molecule has 0 bridgehead atoms. The van der Waals surface area contributed by atoms with Gasteiger partial charge in [-0.05, 0) is 42.0 Å². The molecule has 1 aromatic heterocycles. The second-order valence-corrected chi connectivity index (χ2v) is 7.38. The topological polar surface area (TPSA) is 89.6 Å². The van der Waals surface area contributed by atoms with E-state index >= 15 is 0 Å². The molecule has 9 heteroatoms. The van der Waals surface area contributed by atoms with E-state index in [-0.39, 0.29) is 12.0 Å². The van der Waals surface area contributed by atoms with Gasteiger partial charge in [-0.15, -0.1) is 0 Å². The molecule has 1 amide bonds. The van der Waals surface area contributed by atoms with Crippen LogP contribution in [0.4, 0.5) is 0 Å². The Morgan fingerprint density at radius 1 is 1.07 bits per heavy atom. The zero-order valence-corrected chi connectivity index (χ0v) is 16.7. The third-order valence-corrected chi connectivity index (χ3v) is 4.83. The second-order valence-electron chi connectivity index (χ2n) is 6.51. The van der Waals surface area contributed by atoms with Gasteiger partial charge in [0.1, 0.15) is 11.8 Å². The number of benzene rings is 2. The van der Waals surface area contributed by atoms with Gasteiger partial charge >= 0.3 is 0 Å². The van der Waals surface area contributed by atoms with Crippen molar-refractivity contribution in [2.75, 3.05) is 0 Å². The van der Waals surface area contributed by atoms with E-state index in [0.717, 1.165) is 11.1 Å². The average Bonchev–Trinajstić information content (AvgIpc) is 3.38. The zero-order valence-electron chi connectivity index (χ0n) is 15.1. The minimum Gasteiger partial charge on any atom is -0.391 e. The van der Waals surface area contributed by atoms with E-state index in [0.29, 0.717) is 46.9 Å². The van der Waals surface area contributed by atoms with Crippen molar-refractivity contribution in [3.05, 3.63) is 70.0 Å². The van der Waals surface area contributed by atoms with Crippen molar-refractivity contribution in [2.24, 2.45) is 5.16 Å². The number of nitrogens with zero attached hydrogens (tertiary/aromatic N) is 3. The van der Waals surface area contributed by atoms with Crippen LogP contribution < -0.4 is 5.32 Å². The number of hydrogen-bond acceptors (Lipinski definition) is 6.